The molecule has 3 heterocycles. The fourth-order valence-corrected chi connectivity index (χ4v) is 6.68. The molecule has 0 aromatic rings. The number of aliphatic hydroxyl groups is 3. The molecule has 0 saturated carbocycles. The quantitative estimate of drug-likeness (QED) is 0.254. The number of aliphatic hydroxyl groups excluding tert-OH is 3. The van der Waals surface area contributed by atoms with E-state index in [1.807, 2.05) is 0 Å². The summed E-state index contributed by atoms with van der Waals surface area (Å²) in [5.41, 5.74) is 0. The number of hydrogen-bond donors (Lipinski definition) is 3. The van der Waals surface area contributed by atoms with Gasteiger partial charge in [0, 0.05) is 10.9 Å². The van der Waals surface area contributed by atoms with Crippen molar-refractivity contribution in [2.75, 3.05) is 18.1 Å². The van der Waals surface area contributed by atoms with Crippen molar-refractivity contribution in [3.05, 3.63) is 0 Å². The van der Waals surface area contributed by atoms with Gasteiger partial charge in [0.2, 0.25) is 10.4 Å². The Kier molecular flexibility index (Phi) is 5.41. The Morgan fingerprint density at radius 1 is 1.32 bits per heavy atom. The number of ether oxygens (including phenoxy) is 3. The highest BCUT2D eigenvalue weighted by Crippen LogP contribution is 2.40. The van der Waals surface area contributed by atoms with E-state index in [-0.39, 0.29) is 18.1 Å². The summed E-state index contributed by atoms with van der Waals surface area (Å²) in [6.45, 7) is 2.92. The predicted octanol–water partition coefficient (Wildman–Crippen LogP) is -2.58. The van der Waals surface area contributed by atoms with Gasteiger partial charge >= 0.3 is 0 Å². The standard InChI is InChI=1S/C13H22O10S2/c1-13(2)21-11-10(23-25(17,18)19)7(20-12(11)22-13)5-24-4-6(15)9(16)8(24)3-14/h6-12,14-16H,3-5H2,1-2H3/t6-,7-,8-,9+,10+,11-,12-,24?/m1/s1. The van der Waals surface area contributed by atoms with Gasteiger partial charge in [-0.2, -0.15) is 0 Å². The molecule has 0 aromatic heterocycles. The highest BCUT2D eigenvalue weighted by molar-refractivity contribution is 7.97. The Hall–Kier alpha value is -0.0200. The van der Waals surface area contributed by atoms with Gasteiger partial charge in [-0.3, -0.25) is 4.18 Å². The van der Waals surface area contributed by atoms with Crippen molar-refractivity contribution in [1.29, 1.82) is 0 Å². The molecule has 3 fully saturated rings. The third kappa shape index (κ3) is 4.13. The van der Waals surface area contributed by atoms with Crippen LogP contribution in [0, 0.1) is 0 Å². The maximum atomic E-state index is 11.1. The maximum Gasteiger partial charge on any atom is 0.218 e. The normalized spacial score (nSPS) is 46.5. The smallest absolute Gasteiger partial charge is 0.218 e. The van der Waals surface area contributed by atoms with E-state index in [2.05, 4.69) is 4.18 Å². The van der Waals surface area contributed by atoms with Crippen molar-refractivity contribution in [3.63, 3.8) is 0 Å². The van der Waals surface area contributed by atoms with Gasteiger partial charge in [-0.15, -0.1) is 0 Å². The van der Waals surface area contributed by atoms with Crippen LogP contribution in [0.25, 0.3) is 0 Å². The summed E-state index contributed by atoms with van der Waals surface area (Å²) in [5, 5.41) is 28.6. The molecule has 3 saturated heterocycles. The van der Waals surface area contributed by atoms with Gasteiger partial charge in [-0.05, 0) is 13.8 Å². The van der Waals surface area contributed by atoms with Gasteiger partial charge in [0.05, 0.1) is 6.61 Å². The summed E-state index contributed by atoms with van der Waals surface area (Å²) >= 11 is 0. The summed E-state index contributed by atoms with van der Waals surface area (Å²) in [5.74, 6) is -0.574. The molecule has 0 bridgehead atoms. The van der Waals surface area contributed by atoms with Crippen LogP contribution in [0.15, 0.2) is 0 Å². The van der Waals surface area contributed by atoms with E-state index in [0.29, 0.717) is 0 Å². The Labute approximate surface area is 148 Å². The molecule has 8 atom stereocenters. The van der Waals surface area contributed by atoms with E-state index in [4.69, 9.17) is 14.2 Å². The Morgan fingerprint density at radius 2 is 2.00 bits per heavy atom. The molecule has 3 aliphatic rings. The molecule has 146 valence electrons. The molecule has 0 amide bonds. The molecule has 10 nitrogen and oxygen atoms in total. The van der Waals surface area contributed by atoms with E-state index in [0.717, 1.165) is 0 Å². The van der Waals surface area contributed by atoms with Crippen LogP contribution in [0.1, 0.15) is 13.8 Å². The Bertz CT molecular complexity index is 596. The monoisotopic (exact) mass is 402 g/mol. The predicted molar refractivity (Wildman–Crippen MR) is 83.3 cm³/mol. The summed E-state index contributed by atoms with van der Waals surface area (Å²) in [7, 11) is -5.66. The van der Waals surface area contributed by atoms with Crippen LogP contribution in [0.5, 0.6) is 0 Å². The first kappa shape index (κ1) is 19.7. The third-order valence-corrected chi connectivity index (χ3v) is 7.73. The molecular formula is C13H22O10S2. The van der Waals surface area contributed by atoms with E-state index >= 15 is 0 Å². The minimum atomic E-state index is -5.00. The van der Waals surface area contributed by atoms with Crippen LogP contribution in [-0.2, 0) is 39.7 Å². The van der Waals surface area contributed by atoms with E-state index in [9.17, 15) is 28.3 Å². The Morgan fingerprint density at radius 3 is 2.60 bits per heavy atom. The van der Waals surface area contributed by atoms with Crippen molar-refractivity contribution in [3.8, 4) is 0 Å². The lowest BCUT2D eigenvalue weighted by Crippen LogP contribution is -2.43. The molecule has 0 spiro atoms. The van der Waals surface area contributed by atoms with Crippen molar-refractivity contribution in [1.82, 2.24) is 0 Å². The van der Waals surface area contributed by atoms with E-state index < -0.39 is 69.1 Å². The average molecular weight is 402 g/mol. The zero-order valence-corrected chi connectivity index (χ0v) is 15.3. The minimum absolute atomic E-state index is 0.194. The van der Waals surface area contributed by atoms with Crippen molar-refractivity contribution < 1.29 is 46.7 Å². The van der Waals surface area contributed by atoms with Gasteiger partial charge in [0.15, 0.2) is 17.3 Å². The third-order valence-electron chi connectivity index (χ3n) is 4.46. The lowest BCUT2D eigenvalue weighted by atomic mass is 10.1. The van der Waals surface area contributed by atoms with Crippen molar-refractivity contribution in [2.24, 2.45) is 0 Å². The second-order valence-electron chi connectivity index (χ2n) is 6.76. The number of rotatable bonds is 5. The molecule has 12 heteroatoms. The van der Waals surface area contributed by atoms with Crippen molar-refractivity contribution >= 4 is 21.3 Å². The molecule has 3 rings (SSSR count). The summed E-state index contributed by atoms with van der Waals surface area (Å²) in [4.78, 5) is 0. The lowest BCUT2D eigenvalue weighted by molar-refractivity contribution is -0.210. The Balaban J connectivity index is 1.76. The van der Waals surface area contributed by atoms with Gasteiger partial charge in [0.1, 0.15) is 42.0 Å². The van der Waals surface area contributed by atoms with Crippen LogP contribution >= 0.6 is 0 Å². The topological polar surface area (TPSA) is 155 Å². The van der Waals surface area contributed by atoms with Crippen molar-refractivity contribution in [2.45, 2.75) is 61.7 Å². The average Bonchev–Trinajstić information content (AvgIpc) is 3.01. The zero-order chi connectivity index (χ0) is 18.6. The molecule has 0 aromatic carbocycles. The first-order valence-electron chi connectivity index (χ1n) is 7.79. The maximum absolute atomic E-state index is 11.1. The van der Waals surface area contributed by atoms with Gasteiger partial charge in [-0.25, -0.2) is 8.42 Å². The molecule has 3 N–H and O–H groups in total. The minimum Gasteiger partial charge on any atom is -0.726 e. The van der Waals surface area contributed by atoms with Crippen LogP contribution in [0.2, 0.25) is 0 Å². The molecule has 0 radical (unpaired) electrons. The van der Waals surface area contributed by atoms with E-state index in [1.165, 1.54) is 0 Å². The second-order valence-corrected chi connectivity index (χ2v) is 10.1. The van der Waals surface area contributed by atoms with Crippen LogP contribution < -0.4 is 0 Å². The van der Waals surface area contributed by atoms with Gasteiger partial charge in [-0.1, -0.05) is 0 Å². The van der Waals surface area contributed by atoms with Crippen LogP contribution in [0.4, 0.5) is 0 Å². The lowest BCUT2D eigenvalue weighted by Gasteiger charge is -2.26. The molecule has 3 aliphatic heterocycles. The highest BCUT2D eigenvalue weighted by Gasteiger charge is 2.59. The first-order chi connectivity index (χ1) is 11.5. The summed E-state index contributed by atoms with van der Waals surface area (Å²) in [6, 6.07) is 0. The largest absolute Gasteiger partial charge is 0.726 e. The number of hydrogen-bond acceptors (Lipinski definition) is 10. The van der Waals surface area contributed by atoms with Gasteiger partial charge in [0.25, 0.3) is 0 Å². The van der Waals surface area contributed by atoms with E-state index in [1.54, 1.807) is 13.8 Å². The van der Waals surface area contributed by atoms with Crippen LogP contribution in [-0.4, -0.2) is 94.2 Å². The molecule has 0 aliphatic carbocycles. The molecule has 25 heavy (non-hydrogen) atoms. The summed E-state index contributed by atoms with van der Waals surface area (Å²) in [6.07, 6.45) is -5.86. The summed E-state index contributed by atoms with van der Waals surface area (Å²) < 4.78 is 54.8. The molecule has 1 unspecified atom stereocenters. The SMILES string of the molecule is CC1(C)O[C@H]2O[C@H](C[S+]3C[C@@H](O)[C@H](O)[C@H]3CO)[C@H](OS(=O)(=O)[O-])[C@H]2O1. The fourth-order valence-electron chi connectivity index (χ4n) is 3.44. The first-order valence-corrected chi connectivity index (χ1v) is 10.7. The fraction of sp³-hybridized carbons (Fsp3) is 1.00. The second kappa shape index (κ2) is 6.86. The molecular weight excluding hydrogens is 380 g/mol. The van der Waals surface area contributed by atoms with Gasteiger partial charge < -0.3 is 34.1 Å². The van der Waals surface area contributed by atoms with Crippen LogP contribution in [0.3, 0.4) is 0 Å². The highest BCUT2D eigenvalue weighted by atomic mass is 32.3. The number of fused-ring (bicyclic) bond motifs is 1. The zero-order valence-electron chi connectivity index (χ0n) is 13.7.